The smallest absolute Gasteiger partial charge is 0.364 e. The summed E-state index contributed by atoms with van der Waals surface area (Å²) in [7, 11) is 0. The number of amides is 5. The van der Waals surface area contributed by atoms with Crippen LogP contribution in [0.25, 0.3) is 0 Å². The first-order chi connectivity index (χ1) is 62.2. The molecule has 0 aromatic rings. The maximum absolute atomic E-state index is 13.3. The standard InChI is InChI=1S/C73H123N5O54/c1-18(87)74-23(7-79)39(95)57(26(94)9-81)126-65-37(77-21(4)90)49(105)59(31(14-86)121-65)128-70-56(112)62(46(102)33(125-70)16-116-68-55(111)61(129-69-54(110)51(107)42(98)28(11-83)119-69)45(101)32(124-68)15-115-67-53(109)50(106)41(97)27(10-82)118-67)130-71-63(52(108)43(99)29(12-84)120-71)131-66-38(78-22(5)91)48(104)58(30(13-85)122-66)127-64-36(76-20(3)89)47(103)44(100)34(123-64)17-117-73(72(113)114)6-24(92)35(75-19(2)88)60(132-73)40(96)25(93)8-80/h23-71,79-86,92-112H,6-17H2,1-5H3,(H,74,87)(H,75,88)(H,76,89)(H,77,90)(H,78,91)(H,113,114)/t23-,24-,25+,26+,27+,28+,29+,30+,31+,32+,33+,34+,35+,36+,37+,38+,39+,40+,41+,42+,43+,44-,45+,46+,47+,48+,49+,50-,51-,52-,53-,54-,55-,56-,57+,58+,59+,60+,61-,62-,63-,64?,65?,66?,67?,68?,69?,70?,71?,73?/m0/s1. The highest BCUT2D eigenvalue weighted by Crippen LogP contribution is 2.41. The van der Waals surface area contributed by atoms with E-state index in [4.69, 9.17) is 85.3 Å². The third-order valence-corrected chi connectivity index (χ3v) is 23.5. The summed E-state index contributed by atoms with van der Waals surface area (Å²) in [4.78, 5) is 76.7. The summed E-state index contributed by atoms with van der Waals surface area (Å²) in [5.74, 6) is -9.98. The molecule has 9 saturated heterocycles. The van der Waals surface area contributed by atoms with Gasteiger partial charge in [0.15, 0.2) is 50.3 Å². The van der Waals surface area contributed by atoms with Gasteiger partial charge in [-0.05, 0) is 0 Å². The Bertz CT molecular complexity index is 3630. The molecule has 35 N–H and O–H groups in total. The highest BCUT2D eigenvalue weighted by molar-refractivity contribution is 5.77. The van der Waals surface area contributed by atoms with Crippen LogP contribution in [-0.4, -0.2) is 567 Å². The molecule has 132 heavy (non-hydrogen) atoms. The third-order valence-electron chi connectivity index (χ3n) is 23.5. The van der Waals surface area contributed by atoms with E-state index in [2.05, 4.69) is 26.6 Å². The molecule has 9 fully saturated rings. The van der Waals surface area contributed by atoms with Crippen molar-refractivity contribution in [3.05, 3.63) is 0 Å². The maximum atomic E-state index is 13.3. The predicted molar refractivity (Wildman–Crippen MR) is 407 cm³/mol. The predicted octanol–water partition coefficient (Wildman–Crippen LogP) is -23.2. The van der Waals surface area contributed by atoms with Crippen LogP contribution in [0.5, 0.6) is 0 Å². The molecule has 9 heterocycles. The van der Waals surface area contributed by atoms with Crippen LogP contribution >= 0.6 is 0 Å². The zero-order valence-electron chi connectivity index (χ0n) is 71.0. The summed E-state index contributed by atoms with van der Waals surface area (Å²) in [6, 6.07) is -9.55. The van der Waals surface area contributed by atoms with Crippen LogP contribution < -0.4 is 26.6 Å². The summed E-state index contributed by atoms with van der Waals surface area (Å²) < 4.78 is 107. The number of aliphatic hydroxyl groups excluding tert-OH is 29. The molecule has 0 aliphatic carbocycles. The lowest BCUT2D eigenvalue weighted by Gasteiger charge is -2.51. The summed E-state index contributed by atoms with van der Waals surface area (Å²) in [5.41, 5.74) is 0. The molecule has 59 nitrogen and oxygen atoms in total. The van der Waals surface area contributed by atoms with Gasteiger partial charge in [-0.1, -0.05) is 0 Å². The molecule has 0 aromatic carbocycles. The van der Waals surface area contributed by atoms with E-state index in [0.717, 1.165) is 34.6 Å². The monoisotopic (exact) mass is 1930 g/mol. The van der Waals surface area contributed by atoms with Gasteiger partial charge in [0.05, 0.1) is 90.9 Å². The van der Waals surface area contributed by atoms with Gasteiger partial charge in [-0.15, -0.1) is 0 Å². The van der Waals surface area contributed by atoms with Gasteiger partial charge in [0.25, 0.3) is 5.79 Å². The fraction of sp³-hybridized carbons (Fsp3) is 0.918. The second-order valence-corrected chi connectivity index (χ2v) is 33.0. The Morgan fingerprint density at radius 2 is 0.697 bits per heavy atom. The van der Waals surface area contributed by atoms with Crippen molar-refractivity contribution in [2.45, 2.75) is 347 Å². The number of ether oxygens (including phenoxy) is 18. The highest BCUT2D eigenvalue weighted by Gasteiger charge is 2.63. The zero-order valence-corrected chi connectivity index (χ0v) is 71.0. The van der Waals surface area contributed by atoms with E-state index in [1.807, 2.05) is 0 Å². The van der Waals surface area contributed by atoms with Gasteiger partial charge in [-0.25, -0.2) is 4.79 Å². The average molecular weight is 1930 g/mol. The molecular weight excluding hydrogens is 1810 g/mol. The Morgan fingerprint density at radius 3 is 1.17 bits per heavy atom. The Balaban J connectivity index is 1.06. The summed E-state index contributed by atoms with van der Waals surface area (Å²) >= 11 is 0. The molecule has 50 atom stereocenters. The molecule has 9 rings (SSSR count). The van der Waals surface area contributed by atoms with Gasteiger partial charge >= 0.3 is 5.97 Å². The van der Waals surface area contributed by atoms with Crippen LogP contribution in [0.1, 0.15) is 41.0 Å². The van der Waals surface area contributed by atoms with Crippen molar-refractivity contribution in [2.24, 2.45) is 0 Å². The van der Waals surface area contributed by atoms with Crippen molar-refractivity contribution in [3.8, 4) is 0 Å². The van der Waals surface area contributed by atoms with Crippen LogP contribution in [0, 0.1) is 0 Å². The van der Waals surface area contributed by atoms with Gasteiger partial charge in [-0.3, -0.25) is 24.0 Å². The number of rotatable bonds is 40. The Labute approximate surface area is 747 Å². The average Bonchev–Trinajstić information content (AvgIpc) is 0.845. The van der Waals surface area contributed by atoms with Gasteiger partial charge < -0.3 is 265 Å². The number of carboxylic acids is 1. The Morgan fingerprint density at radius 1 is 0.341 bits per heavy atom. The molecule has 5 amide bonds. The largest absolute Gasteiger partial charge is 0.477 e. The quantitative estimate of drug-likeness (QED) is 0.0271. The minimum atomic E-state index is -3.13. The molecule has 0 bridgehead atoms. The molecule has 9 unspecified atom stereocenters. The first-order valence-electron chi connectivity index (χ1n) is 41.7. The summed E-state index contributed by atoms with van der Waals surface area (Å²) in [5, 5.41) is 346. The van der Waals surface area contributed by atoms with E-state index in [0.29, 0.717) is 0 Å². The van der Waals surface area contributed by atoms with E-state index < -0.39 is 421 Å². The second kappa shape index (κ2) is 48.7. The topological polar surface area (TPSA) is 936 Å². The fourth-order valence-electron chi connectivity index (χ4n) is 16.4. The van der Waals surface area contributed by atoms with E-state index >= 15 is 0 Å². The number of carbonyl (C=O) groups is 6. The van der Waals surface area contributed by atoms with Crippen LogP contribution in [-0.2, 0) is 114 Å². The first-order valence-corrected chi connectivity index (χ1v) is 41.7. The molecule has 0 spiro atoms. The lowest BCUT2D eigenvalue weighted by Crippen LogP contribution is -2.71. The summed E-state index contributed by atoms with van der Waals surface area (Å²) in [6.45, 7) is -8.41. The van der Waals surface area contributed by atoms with E-state index in [1.54, 1.807) is 0 Å². The van der Waals surface area contributed by atoms with E-state index in [9.17, 15) is 182 Å². The number of carbonyl (C=O) groups excluding carboxylic acids is 5. The minimum absolute atomic E-state index is 0.842. The Kier molecular flexibility index (Phi) is 40.8. The molecule has 9 aliphatic heterocycles. The molecule has 0 radical (unpaired) electrons. The molecule has 9 aliphatic rings. The van der Waals surface area contributed by atoms with Crippen molar-refractivity contribution in [1.82, 2.24) is 26.6 Å². The van der Waals surface area contributed by atoms with Crippen LogP contribution in [0.15, 0.2) is 0 Å². The fourth-order valence-corrected chi connectivity index (χ4v) is 16.4. The number of carboxylic acid groups (broad SMARTS) is 1. The van der Waals surface area contributed by atoms with Crippen molar-refractivity contribution < 1.29 is 267 Å². The molecule has 764 valence electrons. The van der Waals surface area contributed by atoms with Crippen molar-refractivity contribution in [2.75, 3.05) is 72.7 Å². The number of hydrogen-bond donors (Lipinski definition) is 35. The number of nitrogens with one attached hydrogen (secondary N) is 5. The lowest BCUT2D eigenvalue weighted by molar-refractivity contribution is -0.397. The molecule has 59 heteroatoms. The van der Waals surface area contributed by atoms with E-state index in [1.165, 1.54) is 0 Å². The molecule has 0 saturated carbocycles. The Hall–Kier alpha value is -5.06. The van der Waals surface area contributed by atoms with E-state index in [-0.39, 0.29) is 0 Å². The maximum Gasteiger partial charge on any atom is 0.364 e. The van der Waals surface area contributed by atoms with Gasteiger partial charge in [0.1, 0.15) is 232 Å². The van der Waals surface area contributed by atoms with Crippen molar-refractivity contribution in [1.29, 1.82) is 0 Å². The van der Waals surface area contributed by atoms with Crippen molar-refractivity contribution >= 4 is 35.5 Å². The van der Waals surface area contributed by atoms with Gasteiger partial charge in [0, 0.05) is 41.0 Å². The van der Waals surface area contributed by atoms with Gasteiger partial charge in [-0.2, -0.15) is 0 Å². The third kappa shape index (κ3) is 25.4. The first kappa shape index (κ1) is 111. The SMILES string of the molecule is CC(=O)N[C@H]1[C@H]([C@H](O)[C@H](O)CO)OC(OC[C@H]2OC(O[C@H]3[C@H](O)[C@@H](NC(C)=O)C(O[C@@H]4C(O[C@H]5[C@H](O)[C@@H](COC6O[C@H](COC7O[C@H](CO)[C@@H](O)[C@H](O)[C@@H]7O)[C@@H](O)[C@H](OC7O[C@H](CO)[C@@H](O)[C@H](O)[C@@H]7O)[C@@H]6O)OC(O[C@H]6[C@H](O)[C@@H](NC(C)=O)C(O[C@@H]([C@H](O)[C@H](CO)NC(C)=O)[C@H](O)CO)O[C@@H]6CO)[C@H]5O)O[C@H](CO)[C@@H](O)[C@@H]4O)O[C@@H]3CO)[C@H](NC(C)=O)[C@@H](O)[C@H]2O)(C(=O)O)C[C@@H]1O. The van der Waals surface area contributed by atoms with Crippen LogP contribution in [0.4, 0.5) is 0 Å². The molecule has 0 aromatic heterocycles. The second-order valence-electron chi connectivity index (χ2n) is 33.0. The summed E-state index contributed by atoms with van der Waals surface area (Å²) in [6.07, 6.45) is -98.9. The van der Waals surface area contributed by atoms with Crippen LogP contribution in [0.2, 0.25) is 0 Å². The lowest BCUT2D eigenvalue weighted by atomic mass is 9.88. The molecular formula is C73H123N5O54. The minimum Gasteiger partial charge on any atom is -0.477 e. The highest BCUT2D eigenvalue weighted by atomic mass is 16.8. The van der Waals surface area contributed by atoms with Crippen molar-refractivity contribution in [3.63, 3.8) is 0 Å². The normalized spacial score (nSPS) is 44.7. The van der Waals surface area contributed by atoms with Gasteiger partial charge in [0.2, 0.25) is 29.5 Å². The van der Waals surface area contributed by atoms with Crippen LogP contribution in [0.3, 0.4) is 0 Å². The number of hydrogen-bond acceptors (Lipinski definition) is 53. The zero-order chi connectivity index (χ0) is 98.0. The number of aliphatic hydroxyl groups is 29. The number of aliphatic carboxylic acids is 1.